The van der Waals surface area contributed by atoms with Crippen LogP contribution in [0.2, 0.25) is 0 Å². The molecule has 0 radical (unpaired) electrons. The molecule has 0 aliphatic carbocycles. The second-order valence-electron chi connectivity index (χ2n) is 5.82. The van der Waals surface area contributed by atoms with Crippen LogP contribution in [0.3, 0.4) is 0 Å². The minimum atomic E-state index is -0.650. The first-order valence-corrected chi connectivity index (χ1v) is 9.19. The smallest absolute Gasteiger partial charge is 0.360 e. The number of aromatic nitrogens is 4. The summed E-state index contributed by atoms with van der Waals surface area (Å²) in [4.78, 5) is 20.4. The summed E-state index contributed by atoms with van der Waals surface area (Å²) in [5.41, 5.74) is 2.41. The molecule has 4 rings (SSSR count). The van der Waals surface area contributed by atoms with Crippen LogP contribution in [0.25, 0.3) is 20.8 Å². The number of ether oxygens (including phenoxy) is 1. The van der Waals surface area contributed by atoms with Crippen LogP contribution in [-0.2, 0) is 11.3 Å². The number of hydrogen-bond acceptors (Lipinski definition) is 7. The molecule has 4 aromatic rings. The highest BCUT2D eigenvalue weighted by Crippen LogP contribution is 2.36. The predicted octanol–water partition coefficient (Wildman–Crippen LogP) is 3.49. The zero-order valence-electron chi connectivity index (χ0n) is 14.5. The van der Waals surface area contributed by atoms with E-state index in [0.29, 0.717) is 21.8 Å². The van der Waals surface area contributed by atoms with Gasteiger partial charge in [-0.15, -0.1) is 11.3 Å². The van der Waals surface area contributed by atoms with E-state index in [9.17, 15) is 9.90 Å². The first kappa shape index (κ1) is 17.2. The molecule has 0 aliphatic heterocycles. The Labute approximate surface area is 158 Å². The third-order valence-electron chi connectivity index (χ3n) is 3.95. The van der Waals surface area contributed by atoms with E-state index in [-0.39, 0.29) is 18.1 Å². The van der Waals surface area contributed by atoms with Crippen LogP contribution in [0, 0.1) is 0 Å². The summed E-state index contributed by atoms with van der Waals surface area (Å²) in [5, 5.41) is 15.5. The third kappa shape index (κ3) is 3.39. The number of benzene rings is 1. The molecule has 1 N–H and O–H groups in total. The number of carbonyl (C=O) groups excluding carboxylic acids is 1. The van der Waals surface area contributed by atoms with Crippen LogP contribution in [0.1, 0.15) is 23.0 Å². The number of carbonyl (C=O) groups is 1. The highest BCUT2D eigenvalue weighted by atomic mass is 32.1. The van der Waals surface area contributed by atoms with Crippen LogP contribution >= 0.6 is 11.3 Å². The second-order valence-corrected chi connectivity index (χ2v) is 6.82. The Morgan fingerprint density at radius 2 is 2.07 bits per heavy atom. The fourth-order valence-electron chi connectivity index (χ4n) is 2.69. The van der Waals surface area contributed by atoms with Gasteiger partial charge >= 0.3 is 5.97 Å². The Hall–Kier alpha value is -3.26. The van der Waals surface area contributed by atoms with Crippen molar-refractivity contribution in [2.24, 2.45) is 0 Å². The molecule has 0 atom stereocenters. The van der Waals surface area contributed by atoms with Crippen LogP contribution in [0.5, 0.6) is 5.75 Å². The average Bonchev–Trinajstić information content (AvgIpc) is 3.30. The monoisotopic (exact) mass is 380 g/mol. The van der Waals surface area contributed by atoms with Gasteiger partial charge in [-0.3, -0.25) is 4.68 Å². The lowest BCUT2D eigenvalue weighted by Gasteiger charge is -2.02. The SMILES string of the molecule is CCOC(=O)c1ncc2nc(-c3cnn(Cc4ccccc4)c3)sc2c1O. The maximum Gasteiger partial charge on any atom is 0.360 e. The van der Waals surface area contributed by atoms with Crippen molar-refractivity contribution in [2.75, 3.05) is 6.61 Å². The maximum absolute atomic E-state index is 11.9. The molecule has 0 aliphatic rings. The molecule has 0 fully saturated rings. The Kier molecular flexibility index (Phi) is 4.55. The average molecular weight is 380 g/mol. The minimum Gasteiger partial charge on any atom is -0.504 e. The Balaban J connectivity index is 1.65. The van der Waals surface area contributed by atoms with Crippen LogP contribution in [0.4, 0.5) is 0 Å². The van der Waals surface area contributed by atoms with Crippen molar-refractivity contribution < 1.29 is 14.6 Å². The van der Waals surface area contributed by atoms with Crippen LogP contribution in [-0.4, -0.2) is 37.4 Å². The molecule has 8 heteroatoms. The van der Waals surface area contributed by atoms with E-state index in [4.69, 9.17) is 4.74 Å². The van der Waals surface area contributed by atoms with E-state index in [1.165, 1.54) is 17.5 Å². The lowest BCUT2D eigenvalue weighted by atomic mass is 10.2. The van der Waals surface area contributed by atoms with E-state index in [2.05, 4.69) is 15.1 Å². The van der Waals surface area contributed by atoms with Gasteiger partial charge in [-0.2, -0.15) is 5.10 Å². The summed E-state index contributed by atoms with van der Waals surface area (Å²) < 4.78 is 7.25. The number of fused-ring (bicyclic) bond motifs is 1. The van der Waals surface area contributed by atoms with Gasteiger partial charge in [-0.25, -0.2) is 14.8 Å². The summed E-state index contributed by atoms with van der Waals surface area (Å²) in [6, 6.07) is 10.0. The van der Waals surface area contributed by atoms with E-state index in [1.54, 1.807) is 13.1 Å². The van der Waals surface area contributed by atoms with E-state index >= 15 is 0 Å². The quantitative estimate of drug-likeness (QED) is 0.533. The molecule has 0 saturated carbocycles. The number of aromatic hydroxyl groups is 1. The van der Waals surface area contributed by atoms with Crippen LogP contribution in [0.15, 0.2) is 48.9 Å². The molecule has 0 unspecified atom stereocenters. The minimum absolute atomic E-state index is 0.0978. The maximum atomic E-state index is 11.9. The predicted molar refractivity (Wildman–Crippen MR) is 102 cm³/mol. The fraction of sp³-hybridized carbons (Fsp3) is 0.158. The largest absolute Gasteiger partial charge is 0.504 e. The topological polar surface area (TPSA) is 90.1 Å². The van der Waals surface area contributed by atoms with Gasteiger partial charge in [0.15, 0.2) is 11.4 Å². The van der Waals surface area contributed by atoms with Crippen molar-refractivity contribution in [3.63, 3.8) is 0 Å². The van der Waals surface area contributed by atoms with Crippen molar-refractivity contribution >= 4 is 27.5 Å². The highest BCUT2D eigenvalue weighted by molar-refractivity contribution is 7.22. The molecule has 0 saturated heterocycles. The Morgan fingerprint density at radius 1 is 1.26 bits per heavy atom. The van der Waals surface area contributed by atoms with Gasteiger partial charge in [0.1, 0.15) is 15.2 Å². The Morgan fingerprint density at radius 3 is 2.85 bits per heavy atom. The van der Waals surface area contributed by atoms with Gasteiger partial charge in [-0.05, 0) is 12.5 Å². The summed E-state index contributed by atoms with van der Waals surface area (Å²) in [6.45, 7) is 2.57. The molecule has 27 heavy (non-hydrogen) atoms. The summed E-state index contributed by atoms with van der Waals surface area (Å²) >= 11 is 1.28. The number of pyridine rings is 1. The highest BCUT2D eigenvalue weighted by Gasteiger charge is 2.20. The first-order valence-electron chi connectivity index (χ1n) is 8.38. The molecule has 3 aromatic heterocycles. The van der Waals surface area contributed by atoms with Gasteiger partial charge in [-0.1, -0.05) is 30.3 Å². The summed E-state index contributed by atoms with van der Waals surface area (Å²) in [7, 11) is 0. The first-order chi connectivity index (χ1) is 13.2. The third-order valence-corrected chi connectivity index (χ3v) is 5.07. The standard InChI is InChI=1S/C19H16N4O3S/c1-2-26-19(25)15-16(24)17-14(9-20-15)22-18(27-17)13-8-21-23(11-13)10-12-6-4-3-5-7-12/h3-9,11,24H,2,10H2,1H3. The van der Waals surface area contributed by atoms with Gasteiger partial charge in [0.2, 0.25) is 0 Å². The van der Waals surface area contributed by atoms with E-state index in [0.717, 1.165) is 11.1 Å². The molecule has 1 aromatic carbocycles. The van der Waals surface area contributed by atoms with Crippen molar-refractivity contribution in [3.05, 3.63) is 60.2 Å². The normalized spacial score (nSPS) is 11.0. The summed E-state index contributed by atoms with van der Waals surface area (Å²) in [6.07, 6.45) is 5.11. The lowest BCUT2D eigenvalue weighted by molar-refractivity contribution is 0.0516. The van der Waals surface area contributed by atoms with Crippen molar-refractivity contribution in [3.8, 4) is 16.3 Å². The number of rotatable bonds is 5. The van der Waals surface area contributed by atoms with Gasteiger partial charge in [0.05, 0.1) is 25.5 Å². The van der Waals surface area contributed by atoms with Crippen molar-refractivity contribution in [1.29, 1.82) is 0 Å². The molecular weight excluding hydrogens is 364 g/mol. The van der Waals surface area contributed by atoms with Crippen molar-refractivity contribution in [2.45, 2.75) is 13.5 Å². The lowest BCUT2D eigenvalue weighted by Crippen LogP contribution is -2.07. The summed E-state index contributed by atoms with van der Waals surface area (Å²) in [5.74, 6) is -0.853. The molecular formula is C19H16N4O3S. The molecule has 0 amide bonds. The number of esters is 1. The zero-order valence-corrected chi connectivity index (χ0v) is 15.3. The molecule has 0 bridgehead atoms. The van der Waals surface area contributed by atoms with Gasteiger partial charge in [0.25, 0.3) is 0 Å². The van der Waals surface area contributed by atoms with E-state index < -0.39 is 5.97 Å². The molecule has 0 spiro atoms. The number of thiazole rings is 1. The second kappa shape index (κ2) is 7.16. The molecule has 136 valence electrons. The van der Waals surface area contributed by atoms with Gasteiger partial charge < -0.3 is 9.84 Å². The molecule has 3 heterocycles. The van der Waals surface area contributed by atoms with E-state index in [1.807, 2.05) is 41.2 Å². The van der Waals surface area contributed by atoms with Crippen LogP contribution < -0.4 is 0 Å². The Bertz CT molecular complexity index is 1100. The van der Waals surface area contributed by atoms with Gasteiger partial charge in [0, 0.05) is 11.8 Å². The molecule has 7 nitrogen and oxygen atoms in total. The van der Waals surface area contributed by atoms with Crippen molar-refractivity contribution in [1.82, 2.24) is 19.7 Å². The number of nitrogens with zero attached hydrogens (tertiary/aromatic N) is 4. The fourth-order valence-corrected chi connectivity index (χ4v) is 3.64. The number of hydrogen-bond donors (Lipinski definition) is 1. The zero-order chi connectivity index (χ0) is 18.8.